The third kappa shape index (κ3) is 8.18. The topological polar surface area (TPSA) is 111 Å². The lowest BCUT2D eigenvalue weighted by Gasteiger charge is -2.40. The average Bonchev–Trinajstić information content (AvgIpc) is 3.34. The number of sulfone groups is 1. The van der Waals surface area contributed by atoms with Crippen molar-refractivity contribution in [1.29, 1.82) is 0 Å². The number of nitrogens with zero attached hydrogens (tertiary/aromatic N) is 4. The Labute approximate surface area is 252 Å². The molecule has 1 aliphatic heterocycles. The number of imidazole rings is 1. The summed E-state index contributed by atoms with van der Waals surface area (Å²) in [6.07, 6.45) is 3.51. The summed E-state index contributed by atoms with van der Waals surface area (Å²) in [6.45, 7) is 7.48. The van der Waals surface area contributed by atoms with E-state index in [1.54, 1.807) is 11.1 Å². The molecule has 0 aliphatic carbocycles. The number of carbonyl (C=O) groups excluding carboxylic acids is 1. The molecule has 9 nitrogen and oxygen atoms in total. The number of hydroxylamine groups is 2. The highest BCUT2D eigenvalue weighted by atomic mass is 32.2. The number of carbonyl (C=O) groups is 1. The van der Waals surface area contributed by atoms with Gasteiger partial charge in [0.1, 0.15) is 27.3 Å². The van der Waals surface area contributed by atoms with E-state index in [4.69, 9.17) is 15.6 Å². The number of rotatable bonds is 10. The molecule has 0 bridgehead atoms. The molecule has 1 atom stereocenters. The van der Waals surface area contributed by atoms with E-state index < -0.39 is 44.3 Å². The van der Waals surface area contributed by atoms with Crippen molar-refractivity contribution in [1.82, 2.24) is 19.5 Å². The molecule has 43 heavy (non-hydrogen) atoms. The van der Waals surface area contributed by atoms with Crippen LogP contribution in [0.25, 0.3) is 11.3 Å². The predicted molar refractivity (Wildman–Crippen MR) is 162 cm³/mol. The van der Waals surface area contributed by atoms with E-state index in [0.717, 1.165) is 23.8 Å². The number of amides is 1. The Morgan fingerprint density at radius 2 is 1.81 bits per heavy atom. The minimum Gasteiger partial charge on any atom is -0.351 e. The van der Waals surface area contributed by atoms with Crippen molar-refractivity contribution in [2.75, 3.05) is 32.4 Å². The Kier molecular flexibility index (Phi) is 10.2. The Hall–Kier alpha value is -3.35. The summed E-state index contributed by atoms with van der Waals surface area (Å²) < 4.78 is 55.0. The second kappa shape index (κ2) is 13.5. The van der Waals surface area contributed by atoms with Gasteiger partial charge in [-0.2, -0.15) is 0 Å². The van der Waals surface area contributed by atoms with Crippen molar-refractivity contribution < 1.29 is 26.8 Å². The average molecular weight is 618 g/mol. The zero-order valence-electron chi connectivity index (χ0n) is 25.2. The van der Waals surface area contributed by atoms with Crippen LogP contribution in [0.3, 0.4) is 0 Å². The first-order valence-corrected chi connectivity index (χ1v) is 16.4. The number of hydrogen-bond donors (Lipinski definition) is 1. The van der Waals surface area contributed by atoms with E-state index in [-0.39, 0.29) is 17.8 Å². The Morgan fingerprint density at radius 1 is 1.14 bits per heavy atom. The minimum absolute atomic E-state index is 0.0190. The number of benzene rings is 2. The molecule has 0 radical (unpaired) electrons. The van der Waals surface area contributed by atoms with Crippen LogP contribution < -0.4 is 5.73 Å². The van der Waals surface area contributed by atoms with Gasteiger partial charge in [-0.1, -0.05) is 51.1 Å². The molecule has 1 aliphatic rings. The van der Waals surface area contributed by atoms with Crippen molar-refractivity contribution in [3.8, 4) is 11.3 Å². The number of piperidine rings is 1. The van der Waals surface area contributed by atoms with Crippen LogP contribution in [-0.2, 0) is 21.2 Å². The first-order chi connectivity index (χ1) is 20.3. The molecule has 1 amide bonds. The quantitative estimate of drug-likeness (QED) is 0.334. The van der Waals surface area contributed by atoms with Gasteiger partial charge in [0, 0.05) is 44.2 Å². The Morgan fingerprint density at radius 3 is 2.42 bits per heavy atom. The normalized spacial score (nSPS) is 15.8. The number of aromatic nitrogens is 2. The number of halogens is 2. The molecule has 1 saturated heterocycles. The van der Waals surface area contributed by atoms with Gasteiger partial charge in [0.2, 0.25) is 0 Å². The van der Waals surface area contributed by atoms with Gasteiger partial charge in [-0.15, -0.1) is 5.06 Å². The SMILES string of the molecule is CC(C)(C)[C@H](c1nc(-c2cc(F)ccc2F)cn1Cc1ccccc1)N(CCCN)C(=O)ON1CCC(S(C)(=O)=O)CC1. The van der Waals surface area contributed by atoms with E-state index in [0.29, 0.717) is 51.3 Å². The van der Waals surface area contributed by atoms with E-state index in [2.05, 4.69) is 0 Å². The summed E-state index contributed by atoms with van der Waals surface area (Å²) in [5.74, 6) is -0.711. The fourth-order valence-electron chi connectivity index (χ4n) is 5.47. The molecule has 2 heterocycles. The lowest BCUT2D eigenvalue weighted by molar-refractivity contribution is -0.128. The van der Waals surface area contributed by atoms with Crippen LogP contribution in [0, 0.1) is 17.0 Å². The van der Waals surface area contributed by atoms with Gasteiger partial charge in [-0.25, -0.2) is 27.0 Å². The second-order valence-corrected chi connectivity index (χ2v) is 14.5. The van der Waals surface area contributed by atoms with E-state index in [1.165, 1.54) is 11.3 Å². The van der Waals surface area contributed by atoms with Gasteiger partial charge in [0.15, 0.2) is 0 Å². The third-order valence-corrected chi connectivity index (χ3v) is 9.32. The van der Waals surface area contributed by atoms with Crippen molar-refractivity contribution in [2.24, 2.45) is 11.1 Å². The van der Waals surface area contributed by atoms with Crippen molar-refractivity contribution in [2.45, 2.75) is 57.9 Å². The lowest BCUT2D eigenvalue weighted by atomic mass is 9.84. The summed E-state index contributed by atoms with van der Waals surface area (Å²) in [5, 5.41) is 1.04. The van der Waals surface area contributed by atoms with E-state index in [1.807, 2.05) is 55.7 Å². The van der Waals surface area contributed by atoms with Gasteiger partial charge >= 0.3 is 6.09 Å². The highest BCUT2D eigenvalue weighted by Crippen LogP contribution is 2.40. The van der Waals surface area contributed by atoms with Crippen molar-refractivity contribution in [3.63, 3.8) is 0 Å². The van der Waals surface area contributed by atoms with Crippen LogP contribution in [-0.4, -0.2) is 71.7 Å². The standard InChI is InChI=1S/C31H41F2N5O4S/c1-31(2,3)28(38(16-8-15-34)30(39)42-37-17-13-24(14-18-37)43(4,40)41)29-35-27(25-19-23(32)11-12-26(25)33)21-36(29)20-22-9-6-5-7-10-22/h5-7,9-12,19,21,24,28H,8,13-18,20,34H2,1-4H3/t28-/m0/s1. The van der Waals surface area contributed by atoms with Crippen molar-refractivity contribution >= 4 is 15.9 Å². The summed E-state index contributed by atoms with van der Waals surface area (Å²) in [7, 11) is -3.18. The van der Waals surface area contributed by atoms with E-state index in [9.17, 15) is 22.0 Å². The van der Waals surface area contributed by atoms with Gasteiger partial charge in [-0.05, 0) is 55.0 Å². The van der Waals surface area contributed by atoms with Crippen LogP contribution in [0.4, 0.5) is 13.6 Å². The monoisotopic (exact) mass is 617 g/mol. The van der Waals surface area contributed by atoms with Gasteiger partial charge < -0.3 is 15.1 Å². The van der Waals surface area contributed by atoms with Crippen LogP contribution in [0.1, 0.15) is 57.5 Å². The maximum Gasteiger partial charge on any atom is 0.429 e. The molecular formula is C31H41F2N5O4S. The summed E-state index contributed by atoms with van der Waals surface area (Å²) >= 11 is 0. The molecule has 12 heteroatoms. The zero-order chi connectivity index (χ0) is 31.4. The molecule has 1 aromatic heterocycles. The molecule has 2 N–H and O–H groups in total. The minimum atomic E-state index is -3.18. The first kappa shape index (κ1) is 32.6. The molecule has 234 valence electrons. The van der Waals surface area contributed by atoms with Gasteiger partial charge in [-0.3, -0.25) is 4.90 Å². The van der Waals surface area contributed by atoms with Crippen molar-refractivity contribution in [3.05, 3.63) is 77.8 Å². The molecular weight excluding hydrogens is 576 g/mol. The summed E-state index contributed by atoms with van der Waals surface area (Å²) in [5.41, 5.74) is 6.51. The maximum absolute atomic E-state index is 14.9. The largest absolute Gasteiger partial charge is 0.429 e. The smallest absolute Gasteiger partial charge is 0.351 e. The van der Waals surface area contributed by atoms with Gasteiger partial charge in [0.25, 0.3) is 0 Å². The Bertz CT molecular complexity index is 1500. The highest BCUT2D eigenvalue weighted by Gasteiger charge is 2.40. The highest BCUT2D eigenvalue weighted by molar-refractivity contribution is 7.91. The molecule has 0 saturated carbocycles. The lowest BCUT2D eigenvalue weighted by Crippen LogP contribution is -2.47. The number of nitrogens with two attached hydrogens (primary N) is 1. The molecule has 0 unspecified atom stereocenters. The van der Waals surface area contributed by atoms with Gasteiger partial charge in [0.05, 0.1) is 17.0 Å². The van der Waals surface area contributed by atoms with Crippen LogP contribution in [0.15, 0.2) is 54.7 Å². The molecule has 0 spiro atoms. The zero-order valence-corrected chi connectivity index (χ0v) is 26.0. The molecule has 3 aromatic rings. The van der Waals surface area contributed by atoms with Crippen LogP contribution in [0.5, 0.6) is 0 Å². The molecule has 1 fully saturated rings. The fourth-order valence-corrected chi connectivity index (χ4v) is 6.54. The summed E-state index contributed by atoms with van der Waals surface area (Å²) in [4.78, 5) is 26.1. The molecule has 2 aromatic carbocycles. The Balaban J connectivity index is 1.74. The summed E-state index contributed by atoms with van der Waals surface area (Å²) in [6, 6.07) is 12.2. The maximum atomic E-state index is 14.9. The van der Waals surface area contributed by atoms with Crippen LogP contribution >= 0.6 is 0 Å². The second-order valence-electron chi connectivity index (χ2n) is 12.1. The predicted octanol–water partition coefficient (Wildman–Crippen LogP) is 5.18. The molecule has 4 rings (SSSR count). The third-order valence-electron chi connectivity index (χ3n) is 7.64. The van der Waals surface area contributed by atoms with Crippen LogP contribution in [0.2, 0.25) is 0 Å². The van der Waals surface area contributed by atoms with E-state index >= 15 is 0 Å². The first-order valence-electron chi connectivity index (χ1n) is 14.5. The fraction of sp³-hybridized carbons (Fsp3) is 0.484. The number of hydrogen-bond acceptors (Lipinski definition) is 7.